The Labute approximate surface area is 170 Å². The number of nitrogens with one attached hydrogen (secondary N) is 2. The topological polar surface area (TPSA) is 54.9 Å². The van der Waals surface area contributed by atoms with E-state index in [4.69, 9.17) is 9.47 Å². The van der Waals surface area contributed by atoms with Gasteiger partial charge in [0.15, 0.2) is 5.96 Å². The maximum Gasteiger partial charge on any atom is 0.190 e. The average molecular weight is 388 g/mol. The number of benzene rings is 1. The summed E-state index contributed by atoms with van der Waals surface area (Å²) in [6, 6.07) is 10.6. The molecule has 0 radical (unpaired) electrons. The van der Waals surface area contributed by atoms with Crippen LogP contribution < -0.4 is 10.6 Å². The number of ether oxygens (including phenoxy) is 2. The van der Waals surface area contributed by atoms with Crippen LogP contribution in [0.15, 0.2) is 35.3 Å². The standard InChI is InChI=1S/C23H37N3O2/c1-24-23(25-15-9-17-27-21-13-6-3-7-14-21)26-18-20-12-8-16-28-22(20)19-10-4-2-5-11-19/h2,4-5,10-11,20-22H,3,6-9,12-18H2,1H3,(H2,24,25,26). The summed E-state index contributed by atoms with van der Waals surface area (Å²) >= 11 is 0. The third-order valence-electron chi connectivity index (χ3n) is 5.85. The minimum atomic E-state index is 0.171. The maximum absolute atomic E-state index is 6.10. The number of hydrogen-bond acceptors (Lipinski definition) is 3. The zero-order chi connectivity index (χ0) is 19.4. The SMILES string of the molecule is CN=C(NCCCOC1CCCCC1)NCC1CCCOC1c1ccccc1. The maximum atomic E-state index is 6.10. The Kier molecular flexibility index (Phi) is 9.11. The molecule has 1 aliphatic carbocycles. The molecule has 0 spiro atoms. The van der Waals surface area contributed by atoms with Gasteiger partial charge in [-0.3, -0.25) is 4.99 Å². The summed E-state index contributed by atoms with van der Waals surface area (Å²) in [4.78, 5) is 4.37. The van der Waals surface area contributed by atoms with Gasteiger partial charge in [-0.15, -0.1) is 0 Å². The van der Waals surface area contributed by atoms with Crippen molar-refractivity contribution in [3.8, 4) is 0 Å². The minimum absolute atomic E-state index is 0.171. The van der Waals surface area contributed by atoms with E-state index in [2.05, 4.69) is 46.0 Å². The van der Waals surface area contributed by atoms with E-state index in [1.54, 1.807) is 0 Å². The lowest BCUT2D eigenvalue weighted by atomic mass is 9.89. The highest BCUT2D eigenvalue weighted by atomic mass is 16.5. The zero-order valence-electron chi connectivity index (χ0n) is 17.4. The molecule has 1 aliphatic heterocycles. The molecule has 0 amide bonds. The van der Waals surface area contributed by atoms with Gasteiger partial charge in [-0.1, -0.05) is 49.6 Å². The van der Waals surface area contributed by atoms with E-state index in [0.717, 1.165) is 45.1 Å². The molecule has 156 valence electrons. The molecule has 5 heteroatoms. The summed E-state index contributed by atoms with van der Waals surface area (Å²) in [6.07, 6.45) is 10.5. The number of aliphatic imine (C=N–C) groups is 1. The van der Waals surface area contributed by atoms with Gasteiger partial charge in [0.2, 0.25) is 0 Å². The van der Waals surface area contributed by atoms with E-state index in [1.165, 1.54) is 44.1 Å². The van der Waals surface area contributed by atoms with Crippen molar-refractivity contribution < 1.29 is 9.47 Å². The zero-order valence-corrected chi connectivity index (χ0v) is 17.4. The predicted octanol–water partition coefficient (Wildman–Crippen LogP) is 4.06. The molecule has 2 fully saturated rings. The van der Waals surface area contributed by atoms with E-state index in [9.17, 15) is 0 Å². The molecule has 2 aliphatic rings. The van der Waals surface area contributed by atoms with Crippen molar-refractivity contribution in [2.75, 3.05) is 33.4 Å². The second-order valence-corrected chi connectivity index (χ2v) is 7.97. The van der Waals surface area contributed by atoms with Crippen LogP contribution in [0.3, 0.4) is 0 Å². The Balaban J connectivity index is 1.35. The summed E-state index contributed by atoms with van der Waals surface area (Å²) in [5, 5.41) is 6.92. The molecular weight excluding hydrogens is 350 g/mol. The third-order valence-corrected chi connectivity index (χ3v) is 5.85. The van der Waals surface area contributed by atoms with Gasteiger partial charge in [0, 0.05) is 39.3 Å². The smallest absolute Gasteiger partial charge is 0.190 e. The van der Waals surface area contributed by atoms with Crippen molar-refractivity contribution in [1.82, 2.24) is 10.6 Å². The highest BCUT2D eigenvalue weighted by Gasteiger charge is 2.27. The molecule has 2 unspecified atom stereocenters. The lowest BCUT2D eigenvalue weighted by molar-refractivity contribution is -0.0265. The molecule has 3 rings (SSSR count). The van der Waals surface area contributed by atoms with Crippen LogP contribution in [0.25, 0.3) is 0 Å². The molecule has 0 bridgehead atoms. The second-order valence-electron chi connectivity index (χ2n) is 7.97. The van der Waals surface area contributed by atoms with E-state index in [-0.39, 0.29) is 6.10 Å². The Morgan fingerprint density at radius 1 is 1.07 bits per heavy atom. The summed E-state index contributed by atoms with van der Waals surface area (Å²) in [5.41, 5.74) is 1.27. The first kappa shape index (κ1) is 21.1. The van der Waals surface area contributed by atoms with Crippen LogP contribution in [0.5, 0.6) is 0 Å². The second kappa shape index (κ2) is 12.1. The van der Waals surface area contributed by atoms with Gasteiger partial charge in [0.05, 0.1) is 12.2 Å². The molecule has 2 atom stereocenters. The third kappa shape index (κ3) is 6.78. The van der Waals surface area contributed by atoms with E-state index >= 15 is 0 Å². The molecule has 0 aromatic heterocycles. The monoisotopic (exact) mass is 387 g/mol. The van der Waals surface area contributed by atoms with Crippen molar-refractivity contribution in [2.45, 2.75) is 63.6 Å². The fraction of sp³-hybridized carbons (Fsp3) is 0.696. The van der Waals surface area contributed by atoms with Crippen LogP contribution in [0.1, 0.15) is 63.0 Å². The van der Waals surface area contributed by atoms with Crippen LogP contribution in [-0.2, 0) is 9.47 Å². The van der Waals surface area contributed by atoms with Crippen LogP contribution in [0.2, 0.25) is 0 Å². The molecule has 28 heavy (non-hydrogen) atoms. The average Bonchev–Trinajstić information content (AvgIpc) is 2.77. The Morgan fingerprint density at radius 2 is 1.89 bits per heavy atom. The van der Waals surface area contributed by atoms with Gasteiger partial charge in [-0.05, 0) is 37.7 Å². The summed E-state index contributed by atoms with van der Waals surface area (Å²) in [7, 11) is 1.83. The first-order valence-electron chi connectivity index (χ1n) is 11.1. The van der Waals surface area contributed by atoms with E-state index in [1.807, 2.05) is 7.05 Å². The van der Waals surface area contributed by atoms with Gasteiger partial charge < -0.3 is 20.1 Å². The predicted molar refractivity (Wildman–Crippen MR) is 115 cm³/mol. The first-order chi connectivity index (χ1) is 13.9. The highest BCUT2D eigenvalue weighted by molar-refractivity contribution is 5.79. The molecule has 1 heterocycles. The summed E-state index contributed by atoms with van der Waals surface area (Å²) < 4.78 is 12.1. The van der Waals surface area contributed by atoms with Crippen molar-refractivity contribution in [2.24, 2.45) is 10.9 Å². The molecular formula is C23H37N3O2. The lowest BCUT2D eigenvalue weighted by Gasteiger charge is -2.32. The van der Waals surface area contributed by atoms with Crippen LogP contribution in [-0.4, -0.2) is 45.4 Å². The quantitative estimate of drug-likeness (QED) is 0.401. The van der Waals surface area contributed by atoms with Crippen LogP contribution in [0, 0.1) is 5.92 Å². The van der Waals surface area contributed by atoms with E-state index < -0.39 is 0 Å². The van der Waals surface area contributed by atoms with Crippen molar-refractivity contribution >= 4 is 5.96 Å². The fourth-order valence-electron chi connectivity index (χ4n) is 4.27. The number of nitrogens with zero attached hydrogens (tertiary/aromatic N) is 1. The molecule has 2 N–H and O–H groups in total. The van der Waals surface area contributed by atoms with Gasteiger partial charge >= 0.3 is 0 Å². The van der Waals surface area contributed by atoms with Crippen LogP contribution >= 0.6 is 0 Å². The summed E-state index contributed by atoms with van der Waals surface area (Å²) in [6.45, 7) is 3.44. The van der Waals surface area contributed by atoms with Gasteiger partial charge in [0.1, 0.15) is 0 Å². The number of guanidine groups is 1. The Bertz CT molecular complexity index is 572. The number of hydrogen-bond donors (Lipinski definition) is 2. The van der Waals surface area contributed by atoms with Gasteiger partial charge in [-0.2, -0.15) is 0 Å². The molecule has 1 aromatic carbocycles. The lowest BCUT2D eigenvalue weighted by Crippen LogP contribution is -2.42. The fourth-order valence-corrected chi connectivity index (χ4v) is 4.27. The Hall–Kier alpha value is -1.59. The highest BCUT2D eigenvalue weighted by Crippen LogP contribution is 2.33. The summed E-state index contributed by atoms with van der Waals surface area (Å²) in [5.74, 6) is 1.33. The van der Waals surface area contributed by atoms with Crippen molar-refractivity contribution in [1.29, 1.82) is 0 Å². The van der Waals surface area contributed by atoms with Crippen LogP contribution in [0.4, 0.5) is 0 Å². The molecule has 1 saturated heterocycles. The van der Waals surface area contributed by atoms with Crippen molar-refractivity contribution in [3.05, 3.63) is 35.9 Å². The minimum Gasteiger partial charge on any atom is -0.378 e. The number of rotatable bonds is 8. The Morgan fingerprint density at radius 3 is 2.68 bits per heavy atom. The largest absolute Gasteiger partial charge is 0.378 e. The molecule has 1 aromatic rings. The first-order valence-corrected chi connectivity index (χ1v) is 11.1. The molecule has 5 nitrogen and oxygen atoms in total. The van der Waals surface area contributed by atoms with Crippen molar-refractivity contribution in [3.63, 3.8) is 0 Å². The van der Waals surface area contributed by atoms with Gasteiger partial charge in [-0.25, -0.2) is 0 Å². The van der Waals surface area contributed by atoms with Gasteiger partial charge in [0.25, 0.3) is 0 Å². The normalized spacial score (nSPS) is 24.1. The van der Waals surface area contributed by atoms with E-state index in [0.29, 0.717) is 12.0 Å². The molecule has 1 saturated carbocycles.